The summed E-state index contributed by atoms with van der Waals surface area (Å²) in [6.45, 7) is 31.0. The van der Waals surface area contributed by atoms with Crippen molar-refractivity contribution < 1.29 is 4.42 Å². The monoisotopic (exact) mass is 917 g/mol. The van der Waals surface area contributed by atoms with Crippen LogP contribution in [0, 0.1) is 13.8 Å². The number of hydrogen-bond donors (Lipinski definition) is 0. The summed E-state index contributed by atoms with van der Waals surface area (Å²) in [4.78, 5) is 5.28. The Bertz CT molecular complexity index is 3370. The molecular weight excluding hydrogens is 848 g/mol. The van der Waals surface area contributed by atoms with Gasteiger partial charge in [-0.15, -0.1) is 0 Å². The van der Waals surface area contributed by atoms with Crippen LogP contribution in [0.2, 0.25) is 0 Å². The average Bonchev–Trinajstić information content (AvgIpc) is 3.70. The molecule has 8 aromatic rings. The number of hydrogen-bond acceptors (Lipinski definition) is 3. The highest BCUT2D eigenvalue weighted by Gasteiger charge is 2.50. The Kier molecular flexibility index (Phi) is 9.71. The van der Waals surface area contributed by atoms with Crippen LogP contribution in [0.25, 0.3) is 33.2 Å². The van der Waals surface area contributed by atoms with Crippen LogP contribution in [-0.4, -0.2) is 6.71 Å². The number of benzene rings is 7. The van der Waals surface area contributed by atoms with Gasteiger partial charge in [0.05, 0.1) is 17.0 Å². The Labute approximate surface area is 418 Å². The van der Waals surface area contributed by atoms with E-state index in [0.717, 1.165) is 42.6 Å². The van der Waals surface area contributed by atoms with Crippen molar-refractivity contribution in [2.24, 2.45) is 0 Å². The van der Waals surface area contributed by atoms with Crippen LogP contribution in [0.5, 0.6) is 0 Å². The van der Waals surface area contributed by atoms with Crippen LogP contribution >= 0.6 is 0 Å². The van der Waals surface area contributed by atoms with Crippen LogP contribution in [-0.2, 0) is 27.1 Å². The van der Waals surface area contributed by atoms with Crippen molar-refractivity contribution in [2.75, 3.05) is 9.80 Å². The first-order chi connectivity index (χ1) is 33.1. The summed E-state index contributed by atoms with van der Waals surface area (Å²) in [5.41, 5.74) is 26.4. The summed E-state index contributed by atoms with van der Waals surface area (Å²) in [5, 5.41) is 1.20. The summed E-state index contributed by atoms with van der Waals surface area (Å²) >= 11 is 0. The molecule has 0 spiro atoms. The fourth-order valence-corrected chi connectivity index (χ4v) is 13.1. The molecule has 2 aliphatic carbocycles. The first-order valence-corrected chi connectivity index (χ1v) is 26.0. The lowest BCUT2D eigenvalue weighted by atomic mass is 9.35. The van der Waals surface area contributed by atoms with Gasteiger partial charge in [-0.2, -0.15) is 0 Å². The first kappa shape index (κ1) is 44.9. The van der Waals surface area contributed by atoms with Crippen molar-refractivity contribution in [3.8, 4) is 22.3 Å². The molecule has 2 aliphatic heterocycles. The molecule has 70 heavy (non-hydrogen) atoms. The number of rotatable bonds is 4. The van der Waals surface area contributed by atoms with Gasteiger partial charge in [0.1, 0.15) is 5.58 Å². The van der Waals surface area contributed by atoms with Crippen molar-refractivity contribution in [1.29, 1.82) is 0 Å². The lowest BCUT2D eigenvalue weighted by Gasteiger charge is -2.47. The summed E-state index contributed by atoms with van der Waals surface area (Å²) < 4.78 is 7.70. The van der Waals surface area contributed by atoms with E-state index < -0.39 is 0 Å². The van der Waals surface area contributed by atoms with Crippen LogP contribution < -0.4 is 26.4 Å². The molecule has 0 bridgehead atoms. The highest BCUT2D eigenvalue weighted by Crippen LogP contribution is 2.55. The molecule has 1 aromatic heterocycles. The van der Waals surface area contributed by atoms with Gasteiger partial charge in [-0.1, -0.05) is 155 Å². The van der Waals surface area contributed by atoms with Gasteiger partial charge in [0.15, 0.2) is 0 Å². The minimum absolute atomic E-state index is 0.00220. The van der Waals surface area contributed by atoms with E-state index in [4.69, 9.17) is 4.42 Å². The van der Waals surface area contributed by atoms with E-state index in [1.54, 1.807) is 0 Å². The number of aryl methyl sites for hydroxylation is 2. The highest BCUT2D eigenvalue weighted by atomic mass is 16.3. The summed E-state index contributed by atoms with van der Waals surface area (Å²) in [5.74, 6) is 0. The van der Waals surface area contributed by atoms with E-state index in [1.807, 2.05) is 0 Å². The number of furan rings is 1. The topological polar surface area (TPSA) is 19.6 Å². The van der Waals surface area contributed by atoms with E-state index >= 15 is 0 Å². The van der Waals surface area contributed by atoms with Crippen molar-refractivity contribution in [3.05, 3.63) is 172 Å². The van der Waals surface area contributed by atoms with Crippen LogP contribution in [0.1, 0.15) is 141 Å². The normalized spacial score (nSPS) is 17.9. The zero-order valence-electron chi connectivity index (χ0n) is 43.9. The lowest BCUT2D eigenvalue weighted by Crippen LogP contribution is -2.61. The molecule has 12 rings (SSSR count). The van der Waals surface area contributed by atoms with E-state index in [1.165, 1.54) is 106 Å². The Balaban J connectivity index is 1.25. The number of fused-ring (bicyclic) bond motifs is 8. The van der Waals surface area contributed by atoms with E-state index in [9.17, 15) is 0 Å². The predicted molar refractivity (Wildman–Crippen MR) is 300 cm³/mol. The molecule has 0 N–H and O–H groups in total. The zero-order chi connectivity index (χ0) is 49.0. The molecular formula is C66H69BN2O. The molecule has 4 heteroatoms. The lowest BCUT2D eigenvalue weighted by molar-refractivity contribution is 0.332. The van der Waals surface area contributed by atoms with Crippen molar-refractivity contribution in [2.45, 2.75) is 143 Å². The average molecular weight is 917 g/mol. The molecule has 0 unspecified atom stereocenters. The molecule has 3 heterocycles. The standard InChI is InChI=1S/C66H69BN2O/c1-40-32-46(42-20-16-14-17-21-42)59(47(33-40)43-22-18-15-19-23-43)69-54-38-51-50(64(8,9)29-30-65(51,10)11)37-53(54)67-58-55(34-41(2)35-56(58)69)68(45-26-24-44(25-27-45)62(3,4)5)60-48-36-49-52(39-57(48)70-61(60)67)66(12,13)31-28-63(49,6)7/h14-27,32-39H,28-31H2,1-13H3. The Morgan fingerprint density at radius 3 is 1.49 bits per heavy atom. The molecule has 3 nitrogen and oxygen atoms in total. The van der Waals surface area contributed by atoms with E-state index in [2.05, 4.69) is 233 Å². The van der Waals surface area contributed by atoms with Gasteiger partial charge in [-0.25, -0.2) is 0 Å². The molecule has 0 radical (unpaired) electrons. The second-order valence-electron chi connectivity index (χ2n) is 25.3. The second-order valence-corrected chi connectivity index (χ2v) is 25.3. The van der Waals surface area contributed by atoms with Crippen molar-refractivity contribution >= 4 is 68.4 Å². The Morgan fingerprint density at radius 2 is 0.957 bits per heavy atom. The van der Waals surface area contributed by atoms with Crippen LogP contribution in [0.15, 0.2) is 138 Å². The maximum Gasteiger partial charge on any atom is 0.297 e. The molecule has 7 aromatic carbocycles. The molecule has 352 valence electrons. The fourth-order valence-electron chi connectivity index (χ4n) is 13.1. The SMILES string of the molecule is Cc1cc(-c2ccccc2)c(N2c3cc4c(cc3B3c5oc6cc7c(cc6c5N(c5ccc(C(C)(C)C)cc5)c5cc(C)cc2c53)C(C)(C)CCC7(C)C)C(C)(C)CCC4(C)C)c(-c2ccccc2)c1. The minimum atomic E-state index is -0.153. The van der Waals surface area contributed by atoms with Gasteiger partial charge in [-0.3, -0.25) is 0 Å². The largest absolute Gasteiger partial charge is 0.468 e. The van der Waals surface area contributed by atoms with Gasteiger partial charge < -0.3 is 14.2 Å². The van der Waals surface area contributed by atoms with Gasteiger partial charge in [0, 0.05) is 39.3 Å². The number of nitrogens with zero attached hydrogens (tertiary/aromatic N) is 2. The van der Waals surface area contributed by atoms with Gasteiger partial charge in [0.25, 0.3) is 6.71 Å². The van der Waals surface area contributed by atoms with E-state index in [-0.39, 0.29) is 33.8 Å². The third kappa shape index (κ3) is 6.75. The highest BCUT2D eigenvalue weighted by molar-refractivity contribution is 7.00. The van der Waals surface area contributed by atoms with E-state index in [0.29, 0.717) is 0 Å². The Hall–Kier alpha value is -6.26. The summed E-state index contributed by atoms with van der Waals surface area (Å²) in [6.07, 6.45) is 4.58. The first-order valence-electron chi connectivity index (χ1n) is 26.0. The quantitative estimate of drug-likeness (QED) is 0.164. The third-order valence-electron chi connectivity index (χ3n) is 17.4. The fraction of sp³-hybridized carbons (Fsp3) is 0.333. The molecule has 0 amide bonds. The van der Waals surface area contributed by atoms with Crippen LogP contribution in [0.3, 0.4) is 0 Å². The zero-order valence-corrected chi connectivity index (χ0v) is 43.9. The van der Waals surface area contributed by atoms with Crippen LogP contribution in [0.4, 0.5) is 34.1 Å². The molecule has 4 aliphatic rings. The molecule has 0 saturated heterocycles. The maximum atomic E-state index is 7.70. The number of anilines is 6. The second kappa shape index (κ2) is 15.1. The smallest absolute Gasteiger partial charge is 0.297 e. The third-order valence-corrected chi connectivity index (χ3v) is 17.4. The minimum Gasteiger partial charge on any atom is -0.468 e. The summed E-state index contributed by atoms with van der Waals surface area (Å²) in [7, 11) is 0. The summed E-state index contributed by atoms with van der Waals surface area (Å²) in [6, 6.07) is 51.6. The van der Waals surface area contributed by atoms with Crippen molar-refractivity contribution in [3.63, 3.8) is 0 Å². The molecule has 0 saturated carbocycles. The molecule has 0 atom stereocenters. The van der Waals surface area contributed by atoms with Crippen molar-refractivity contribution in [1.82, 2.24) is 0 Å². The van der Waals surface area contributed by atoms with Gasteiger partial charge in [-0.05, 0) is 182 Å². The maximum absolute atomic E-state index is 7.70. The van der Waals surface area contributed by atoms with Gasteiger partial charge >= 0.3 is 0 Å². The predicted octanol–water partition coefficient (Wildman–Crippen LogP) is 16.5. The Morgan fingerprint density at radius 1 is 0.486 bits per heavy atom. The van der Waals surface area contributed by atoms with Gasteiger partial charge in [0.2, 0.25) is 0 Å². The molecule has 0 fully saturated rings.